The maximum atomic E-state index is 12.0. The van der Waals surface area contributed by atoms with Crippen molar-refractivity contribution in [3.8, 4) is 11.5 Å². The molecule has 0 spiro atoms. The number of aromatic nitrogens is 2. The lowest BCUT2D eigenvalue weighted by atomic mass is 10.2. The van der Waals surface area contributed by atoms with Crippen molar-refractivity contribution < 1.29 is 18.9 Å². The fraction of sp³-hybridized carbons (Fsp3) is 0.211. The van der Waals surface area contributed by atoms with Gasteiger partial charge in [0.1, 0.15) is 0 Å². The molecule has 0 fully saturated rings. The molecule has 3 rings (SSSR count). The van der Waals surface area contributed by atoms with Crippen LogP contribution in [0, 0.1) is 10.1 Å². The van der Waals surface area contributed by atoms with Gasteiger partial charge in [0.2, 0.25) is 5.89 Å². The number of benzene rings is 2. The van der Waals surface area contributed by atoms with Gasteiger partial charge in [0, 0.05) is 28.3 Å². The Labute approximate surface area is 165 Å². The van der Waals surface area contributed by atoms with Gasteiger partial charge in [-0.25, -0.2) is 0 Å². The highest BCUT2D eigenvalue weighted by Crippen LogP contribution is 2.25. The molecule has 0 saturated heterocycles. The molecule has 0 amide bonds. The number of ether oxygens (including phenoxy) is 1. The minimum absolute atomic E-state index is 0.0286. The van der Waals surface area contributed by atoms with Crippen LogP contribution in [0.25, 0.3) is 11.5 Å². The van der Waals surface area contributed by atoms with E-state index in [4.69, 9.17) is 9.15 Å². The highest BCUT2D eigenvalue weighted by Gasteiger charge is 2.19. The van der Waals surface area contributed by atoms with Crippen LogP contribution in [0.4, 0.5) is 5.69 Å². The fourth-order valence-corrected chi connectivity index (χ4v) is 3.17. The van der Waals surface area contributed by atoms with E-state index in [1.165, 1.54) is 24.3 Å². The van der Waals surface area contributed by atoms with Gasteiger partial charge in [0.05, 0.1) is 11.3 Å². The molecule has 1 heterocycles. The molecule has 0 radical (unpaired) electrons. The number of nitro groups is 1. The number of carbonyl (C=O) groups is 1. The van der Waals surface area contributed by atoms with Crippen LogP contribution >= 0.6 is 11.8 Å². The molecule has 0 aliphatic heterocycles. The Kier molecular flexibility index (Phi) is 6.38. The lowest BCUT2D eigenvalue weighted by Gasteiger charge is -2.09. The first kappa shape index (κ1) is 19.6. The van der Waals surface area contributed by atoms with Crippen LogP contribution in [0.3, 0.4) is 0 Å². The van der Waals surface area contributed by atoms with Crippen molar-refractivity contribution in [2.75, 3.05) is 5.75 Å². The lowest BCUT2D eigenvalue weighted by Crippen LogP contribution is -2.09. The van der Waals surface area contributed by atoms with E-state index in [1.54, 1.807) is 18.7 Å². The number of hydrogen-bond acceptors (Lipinski definition) is 8. The topological polar surface area (TPSA) is 108 Å². The minimum Gasteiger partial charge on any atom is -0.453 e. The maximum absolute atomic E-state index is 12.0. The molecule has 0 aliphatic carbocycles. The van der Waals surface area contributed by atoms with Crippen molar-refractivity contribution in [1.29, 1.82) is 0 Å². The van der Waals surface area contributed by atoms with Gasteiger partial charge in [0.15, 0.2) is 6.10 Å². The number of non-ortho nitro benzene ring substituents is 1. The molecule has 0 bridgehead atoms. The van der Waals surface area contributed by atoms with E-state index < -0.39 is 11.0 Å². The summed E-state index contributed by atoms with van der Waals surface area (Å²) in [4.78, 5) is 23.3. The van der Waals surface area contributed by atoms with Crippen LogP contribution in [0.2, 0.25) is 0 Å². The van der Waals surface area contributed by atoms with E-state index in [0.29, 0.717) is 11.3 Å². The Bertz CT molecular complexity index is 944. The largest absolute Gasteiger partial charge is 0.453 e. The standard InChI is InChI=1S/C19H17N3O5S/c1-13(26-17(23)11-12-28-16-5-3-2-4-6-16)18-20-21-19(27-18)14-7-9-15(10-8-14)22(24)25/h2-10,13H,11-12H2,1H3/t13-/m1/s1. The summed E-state index contributed by atoms with van der Waals surface area (Å²) >= 11 is 1.58. The maximum Gasteiger partial charge on any atom is 0.307 e. The zero-order chi connectivity index (χ0) is 19.9. The van der Waals surface area contributed by atoms with Crippen molar-refractivity contribution in [2.45, 2.75) is 24.3 Å². The predicted octanol–water partition coefficient (Wildman–Crippen LogP) is 4.43. The molecular weight excluding hydrogens is 382 g/mol. The first-order chi connectivity index (χ1) is 13.5. The van der Waals surface area contributed by atoms with Gasteiger partial charge >= 0.3 is 5.97 Å². The van der Waals surface area contributed by atoms with E-state index in [2.05, 4.69) is 10.2 Å². The summed E-state index contributed by atoms with van der Waals surface area (Å²) in [5.41, 5.74) is 0.515. The van der Waals surface area contributed by atoms with E-state index >= 15 is 0 Å². The summed E-state index contributed by atoms with van der Waals surface area (Å²) in [5.74, 6) is 0.615. The molecule has 1 aromatic heterocycles. The van der Waals surface area contributed by atoms with E-state index in [9.17, 15) is 14.9 Å². The Morgan fingerprint density at radius 3 is 2.57 bits per heavy atom. The second-order valence-corrected chi connectivity index (χ2v) is 6.96. The van der Waals surface area contributed by atoms with Gasteiger partial charge < -0.3 is 9.15 Å². The van der Waals surface area contributed by atoms with Gasteiger partial charge in [-0.1, -0.05) is 18.2 Å². The smallest absolute Gasteiger partial charge is 0.307 e. The van der Waals surface area contributed by atoms with Crippen molar-refractivity contribution in [1.82, 2.24) is 10.2 Å². The number of nitrogens with zero attached hydrogens (tertiary/aromatic N) is 3. The third-order valence-electron chi connectivity index (χ3n) is 3.74. The Hall–Kier alpha value is -3.20. The Balaban J connectivity index is 1.52. The lowest BCUT2D eigenvalue weighted by molar-refractivity contribution is -0.384. The summed E-state index contributed by atoms with van der Waals surface area (Å²) in [5, 5.41) is 18.5. The average Bonchev–Trinajstić information content (AvgIpc) is 3.19. The van der Waals surface area contributed by atoms with Gasteiger partial charge in [-0.2, -0.15) is 0 Å². The molecule has 0 N–H and O–H groups in total. The summed E-state index contributed by atoms with van der Waals surface area (Å²) in [6, 6.07) is 15.5. The first-order valence-electron chi connectivity index (χ1n) is 8.48. The summed E-state index contributed by atoms with van der Waals surface area (Å²) in [6.07, 6.45) is -0.429. The van der Waals surface area contributed by atoms with Gasteiger partial charge in [0.25, 0.3) is 11.6 Å². The zero-order valence-corrected chi connectivity index (χ0v) is 15.8. The van der Waals surface area contributed by atoms with E-state index in [0.717, 1.165) is 4.90 Å². The number of hydrogen-bond donors (Lipinski definition) is 0. The van der Waals surface area contributed by atoms with Gasteiger partial charge in [-0.15, -0.1) is 22.0 Å². The quantitative estimate of drug-likeness (QED) is 0.237. The van der Waals surface area contributed by atoms with Crippen LogP contribution in [0.1, 0.15) is 25.3 Å². The third kappa shape index (κ3) is 5.17. The summed E-state index contributed by atoms with van der Waals surface area (Å²) < 4.78 is 10.9. The molecule has 8 nitrogen and oxygen atoms in total. The molecule has 144 valence electrons. The van der Waals surface area contributed by atoms with Crippen LogP contribution in [-0.4, -0.2) is 26.8 Å². The summed E-state index contributed by atoms with van der Waals surface area (Å²) in [7, 11) is 0. The first-order valence-corrected chi connectivity index (χ1v) is 9.47. The van der Waals surface area contributed by atoms with Crippen LogP contribution in [0.15, 0.2) is 63.9 Å². The second-order valence-electron chi connectivity index (χ2n) is 5.79. The minimum atomic E-state index is -0.687. The van der Waals surface area contributed by atoms with Crippen LogP contribution in [-0.2, 0) is 9.53 Å². The van der Waals surface area contributed by atoms with Crippen LogP contribution < -0.4 is 0 Å². The number of nitro benzene ring substituents is 1. The van der Waals surface area contributed by atoms with E-state index in [1.807, 2.05) is 30.3 Å². The van der Waals surface area contributed by atoms with Crippen molar-refractivity contribution in [3.63, 3.8) is 0 Å². The molecule has 28 heavy (non-hydrogen) atoms. The predicted molar refractivity (Wildman–Crippen MR) is 103 cm³/mol. The SMILES string of the molecule is C[C@@H](OC(=O)CCSc1ccccc1)c1nnc(-c2ccc([N+](=O)[O-])cc2)o1. The molecule has 0 unspecified atom stereocenters. The van der Waals surface area contributed by atoms with Crippen molar-refractivity contribution in [2.24, 2.45) is 0 Å². The Morgan fingerprint density at radius 2 is 1.89 bits per heavy atom. The molecule has 1 atom stereocenters. The number of carbonyl (C=O) groups excluding carboxylic acids is 1. The highest BCUT2D eigenvalue weighted by molar-refractivity contribution is 7.99. The normalized spacial score (nSPS) is 11.8. The summed E-state index contributed by atoms with van der Waals surface area (Å²) in [6.45, 7) is 1.65. The number of esters is 1. The van der Waals surface area contributed by atoms with Gasteiger partial charge in [-0.05, 0) is 31.2 Å². The molecule has 2 aromatic carbocycles. The zero-order valence-electron chi connectivity index (χ0n) is 15.0. The molecule has 0 aliphatic rings. The third-order valence-corrected chi connectivity index (χ3v) is 4.75. The highest BCUT2D eigenvalue weighted by atomic mass is 32.2. The molecule has 0 saturated carbocycles. The molecular formula is C19H17N3O5S. The van der Waals surface area contributed by atoms with Crippen LogP contribution in [0.5, 0.6) is 0 Å². The second kappa shape index (κ2) is 9.14. The van der Waals surface area contributed by atoms with Gasteiger partial charge in [-0.3, -0.25) is 14.9 Å². The number of thioether (sulfide) groups is 1. The molecule has 9 heteroatoms. The van der Waals surface area contributed by atoms with Crippen molar-refractivity contribution in [3.05, 3.63) is 70.6 Å². The van der Waals surface area contributed by atoms with E-state index in [-0.39, 0.29) is 29.9 Å². The number of rotatable bonds is 8. The average molecular weight is 399 g/mol. The van der Waals surface area contributed by atoms with Crippen molar-refractivity contribution >= 4 is 23.4 Å². The Morgan fingerprint density at radius 1 is 1.18 bits per heavy atom. The monoisotopic (exact) mass is 399 g/mol. The fourth-order valence-electron chi connectivity index (χ4n) is 2.32. The molecule has 3 aromatic rings.